The van der Waals surface area contributed by atoms with Gasteiger partial charge in [0.05, 0.1) is 26.8 Å². The predicted octanol–water partition coefficient (Wildman–Crippen LogP) is 5.04. The van der Waals surface area contributed by atoms with Crippen molar-refractivity contribution in [2.24, 2.45) is 0 Å². The second kappa shape index (κ2) is 9.36. The van der Waals surface area contributed by atoms with Gasteiger partial charge in [0.25, 0.3) is 15.9 Å². The number of amides is 1. The number of sulfonamides is 1. The first kappa shape index (κ1) is 22.4. The molecular formula is C22H20Cl2N4O3S. The van der Waals surface area contributed by atoms with Gasteiger partial charge in [-0.2, -0.15) is 0 Å². The smallest absolute Gasteiger partial charge is 0.261 e. The number of carbonyl (C=O) groups excluding carboxylic acids is 1. The van der Waals surface area contributed by atoms with Crippen molar-refractivity contribution in [3.05, 3.63) is 76.4 Å². The van der Waals surface area contributed by atoms with Crippen LogP contribution in [0.15, 0.2) is 65.7 Å². The van der Waals surface area contributed by atoms with E-state index in [1.165, 1.54) is 37.1 Å². The van der Waals surface area contributed by atoms with Crippen molar-refractivity contribution >= 4 is 56.3 Å². The first-order valence-corrected chi connectivity index (χ1v) is 12.2. The molecule has 2 aromatic carbocycles. The Labute approximate surface area is 196 Å². The van der Waals surface area contributed by atoms with E-state index in [1.807, 2.05) is 6.07 Å². The lowest BCUT2D eigenvalue weighted by Gasteiger charge is -2.17. The van der Waals surface area contributed by atoms with Gasteiger partial charge in [-0.3, -0.25) is 9.52 Å². The lowest BCUT2D eigenvalue weighted by atomic mass is 10.2. The van der Waals surface area contributed by atoms with Crippen LogP contribution in [0.4, 0.5) is 17.2 Å². The molecule has 0 radical (unpaired) electrons. The van der Waals surface area contributed by atoms with Crippen LogP contribution >= 0.6 is 23.2 Å². The van der Waals surface area contributed by atoms with Gasteiger partial charge in [-0.25, -0.2) is 13.4 Å². The highest BCUT2D eigenvalue weighted by Gasteiger charge is 2.17. The van der Waals surface area contributed by atoms with Crippen molar-refractivity contribution in [1.82, 2.24) is 4.98 Å². The summed E-state index contributed by atoms with van der Waals surface area (Å²) in [5, 5.41) is 3.12. The molecule has 1 saturated heterocycles. The third-order valence-corrected chi connectivity index (χ3v) is 7.16. The van der Waals surface area contributed by atoms with Gasteiger partial charge in [0.1, 0.15) is 5.82 Å². The fourth-order valence-electron chi connectivity index (χ4n) is 3.39. The Bertz CT molecular complexity index is 1240. The van der Waals surface area contributed by atoms with Gasteiger partial charge in [0, 0.05) is 24.3 Å². The predicted molar refractivity (Wildman–Crippen MR) is 127 cm³/mol. The lowest BCUT2D eigenvalue weighted by Crippen LogP contribution is -2.18. The normalized spacial score (nSPS) is 13.8. The highest BCUT2D eigenvalue weighted by molar-refractivity contribution is 7.92. The zero-order valence-electron chi connectivity index (χ0n) is 16.9. The monoisotopic (exact) mass is 490 g/mol. The molecule has 0 spiro atoms. The summed E-state index contributed by atoms with van der Waals surface area (Å²) in [4.78, 5) is 19.2. The molecule has 0 bridgehead atoms. The average molecular weight is 491 g/mol. The Balaban J connectivity index is 1.46. The molecule has 32 heavy (non-hydrogen) atoms. The van der Waals surface area contributed by atoms with E-state index >= 15 is 0 Å². The molecule has 7 nitrogen and oxygen atoms in total. The molecule has 0 atom stereocenters. The summed E-state index contributed by atoms with van der Waals surface area (Å²) in [6, 6.07) is 13.9. The van der Waals surface area contributed by atoms with Crippen LogP contribution in [0, 0.1) is 0 Å². The lowest BCUT2D eigenvalue weighted by molar-refractivity contribution is 0.102. The zero-order chi connectivity index (χ0) is 22.7. The van der Waals surface area contributed by atoms with Gasteiger partial charge < -0.3 is 10.2 Å². The summed E-state index contributed by atoms with van der Waals surface area (Å²) in [7, 11) is -3.91. The number of benzene rings is 2. The van der Waals surface area contributed by atoms with E-state index in [4.69, 9.17) is 23.2 Å². The van der Waals surface area contributed by atoms with E-state index in [-0.39, 0.29) is 26.2 Å². The molecule has 166 valence electrons. The van der Waals surface area contributed by atoms with Crippen molar-refractivity contribution in [1.29, 1.82) is 0 Å². The molecule has 4 rings (SSSR count). The Morgan fingerprint density at radius 2 is 1.75 bits per heavy atom. The SMILES string of the molecule is O=C(Nc1ccc(N2CCCC2)cn1)c1cccc(NS(=O)(=O)c2ccc(Cl)c(Cl)c2)c1. The second-order valence-corrected chi connectivity index (χ2v) is 9.81. The maximum Gasteiger partial charge on any atom is 0.261 e. The van der Waals surface area contributed by atoms with Gasteiger partial charge in [-0.05, 0) is 61.4 Å². The zero-order valence-corrected chi connectivity index (χ0v) is 19.2. The summed E-state index contributed by atoms with van der Waals surface area (Å²) in [6.07, 6.45) is 4.08. The van der Waals surface area contributed by atoms with Crippen LogP contribution in [-0.2, 0) is 10.0 Å². The molecular weight excluding hydrogens is 471 g/mol. The molecule has 1 fully saturated rings. The van der Waals surface area contributed by atoms with Crippen LogP contribution in [0.3, 0.4) is 0 Å². The van der Waals surface area contributed by atoms with E-state index in [0.29, 0.717) is 5.82 Å². The number of carbonyl (C=O) groups is 1. The first-order chi connectivity index (χ1) is 15.3. The van der Waals surface area contributed by atoms with Crippen LogP contribution in [0.1, 0.15) is 23.2 Å². The fraction of sp³-hybridized carbons (Fsp3) is 0.182. The van der Waals surface area contributed by atoms with E-state index in [0.717, 1.165) is 18.8 Å². The van der Waals surface area contributed by atoms with Crippen molar-refractivity contribution in [3.8, 4) is 0 Å². The summed E-state index contributed by atoms with van der Waals surface area (Å²) in [6.45, 7) is 2.02. The van der Waals surface area contributed by atoms with Crippen molar-refractivity contribution < 1.29 is 13.2 Å². The van der Waals surface area contributed by atoms with Crippen molar-refractivity contribution in [3.63, 3.8) is 0 Å². The van der Waals surface area contributed by atoms with Crippen molar-refractivity contribution in [2.75, 3.05) is 28.0 Å². The highest BCUT2D eigenvalue weighted by Crippen LogP contribution is 2.26. The molecule has 2 N–H and O–H groups in total. The molecule has 1 amide bonds. The fourth-order valence-corrected chi connectivity index (χ4v) is 4.83. The van der Waals surface area contributed by atoms with Crippen LogP contribution in [-0.4, -0.2) is 32.4 Å². The summed E-state index contributed by atoms with van der Waals surface area (Å²) in [5.41, 5.74) is 1.55. The van der Waals surface area contributed by atoms with E-state index in [1.54, 1.807) is 30.5 Å². The summed E-state index contributed by atoms with van der Waals surface area (Å²) in [5.74, 6) is 0.0155. The molecule has 10 heteroatoms. The molecule has 0 unspecified atom stereocenters. The van der Waals surface area contributed by atoms with Gasteiger partial charge in [0.15, 0.2) is 0 Å². The van der Waals surface area contributed by atoms with Gasteiger partial charge in [-0.1, -0.05) is 29.3 Å². The van der Waals surface area contributed by atoms with Gasteiger partial charge in [0.2, 0.25) is 0 Å². The van der Waals surface area contributed by atoms with E-state index in [9.17, 15) is 13.2 Å². The number of nitrogens with zero attached hydrogens (tertiary/aromatic N) is 2. The number of halogens is 2. The third kappa shape index (κ3) is 5.15. The van der Waals surface area contributed by atoms with Crippen molar-refractivity contribution in [2.45, 2.75) is 17.7 Å². The van der Waals surface area contributed by atoms with Crippen LogP contribution in [0.2, 0.25) is 10.0 Å². The number of nitrogens with one attached hydrogen (secondary N) is 2. The topological polar surface area (TPSA) is 91.4 Å². The van der Waals surface area contributed by atoms with Crippen LogP contribution in [0.5, 0.6) is 0 Å². The minimum absolute atomic E-state index is 0.0379. The van der Waals surface area contributed by atoms with Crippen LogP contribution < -0.4 is 14.9 Å². The number of hydrogen-bond donors (Lipinski definition) is 2. The number of anilines is 3. The number of hydrogen-bond acceptors (Lipinski definition) is 5. The Morgan fingerprint density at radius 1 is 0.969 bits per heavy atom. The quantitative estimate of drug-likeness (QED) is 0.504. The maximum atomic E-state index is 12.7. The molecule has 3 aromatic rings. The largest absolute Gasteiger partial charge is 0.370 e. The average Bonchev–Trinajstić information content (AvgIpc) is 3.31. The summed E-state index contributed by atoms with van der Waals surface area (Å²) < 4.78 is 27.8. The minimum atomic E-state index is -3.91. The van der Waals surface area contributed by atoms with Crippen LogP contribution in [0.25, 0.3) is 0 Å². The van der Waals surface area contributed by atoms with Gasteiger partial charge >= 0.3 is 0 Å². The highest BCUT2D eigenvalue weighted by atomic mass is 35.5. The molecule has 1 aromatic heterocycles. The Morgan fingerprint density at radius 3 is 2.44 bits per heavy atom. The van der Waals surface area contributed by atoms with E-state index in [2.05, 4.69) is 19.9 Å². The number of pyridine rings is 1. The number of aromatic nitrogens is 1. The molecule has 0 aliphatic carbocycles. The standard InChI is InChI=1S/C22H20Cl2N4O3S/c23-19-8-7-18(13-20(19)24)32(30,31)27-16-5-3-4-15(12-16)22(29)26-21-9-6-17(14-25-21)28-10-1-2-11-28/h3-9,12-14,27H,1-2,10-11H2,(H,25,26,29). The van der Waals surface area contributed by atoms with E-state index < -0.39 is 15.9 Å². The summed E-state index contributed by atoms with van der Waals surface area (Å²) >= 11 is 11.8. The minimum Gasteiger partial charge on any atom is -0.370 e. The second-order valence-electron chi connectivity index (χ2n) is 7.31. The Hall–Kier alpha value is -2.81. The molecule has 2 heterocycles. The molecule has 0 saturated carbocycles. The maximum absolute atomic E-state index is 12.7. The molecule has 1 aliphatic rings. The first-order valence-electron chi connectivity index (χ1n) is 9.92. The Kier molecular flexibility index (Phi) is 6.55. The van der Waals surface area contributed by atoms with Gasteiger partial charge in [-0.15, -0.1) is 0 Å². The molecule has 1 aliphatic heterocycles. The third-order valence-electron chi connectivity index (χ3n) is 5.04. The number of rotatable bonds is 6.